The maximum absolute atomic E-state index is 13.8. The minimum absolute atomic E-state index is 0.132. The van der Waals surface area contributed by atoms with Crippen LogP contribution in [0.15, 0.2) is 34.8 Å². The Kier molecular flexibility index (Phi) is 4.86. The molecule has 0 nitrogen and oxygen atoms in total. The first-order valence-electron chi connectivity index (χ1n) is 5.61. The summed E-state index contributed by atoms with van der Waals surface area (Å²) in [6.07, 6.45) is 0.132. The molecule has 0 aromatic heterocycles. The van der Waals surface area contributed by atoms with Crippen LogP contribution in [0.2, 0.25) is 0 Å². The molecule has 1 atom stereocenters. The molecule has 1 unspecified atom stereocenters. The molecule has 0 amide bonds. The second-order valence-electron chi connectivity index (χ2n) is 4.20. The van der Waals surface area contributed by atoms with Crippen molar-refractivity contribution >= 4 is 31.9 Å². The maximum Gasteiger partial charge on any atom is 0.159 e. The molecule has 0 aliphatic heterocycles. The van der Waals surface area contributed by atoms with Gasteiger partial charge in [-0.3, -0.25) is 0 Å². The van der Waals surface area contributed by atoms with Crippen LogP contribution in [0.4, 0.5) is 17.6 Å². The SMILES string of the molecule is Fc1ccc(CC(Br)c2c(F)cc(Br)cc2F)cc1F. The summed E-state index contributed by atoms with van der Waals surface area (Å²) in [5, 5.41) is 0. The first-order valence-corrected chi connectivity index (χ1v) is 7.32. The number of halogens is 6. The standard InChI is InChI=1S/C14H8Br2F4/c15-8-5-12(19)14(13(20)6-8)9(16)3-7-1-2-10(17)11(18)4-7/h1-2,4-6,9H,3H2. The molecular weight excluding hydrogens is 404 g/mol. The molecule has 0 spiro atoms. The minimum atomic E-state index is -0.987. The van der Waals surface area contributed by atoms with Crippen LogP contribution >= 0.6 is 31.9 Å². The van der Waals surface area contributed by atoms with Gasteiger partial charge >= 0.3 is 0 Å². The van der Waals surface area contributed by atoms with Crippen molar-refractivity contribution in [2.45, 2.75) is 11.2 Å². The van der Waals surface area contributed by atoms with E-state index in [9.17, 15) is 17.6 Å². The summed E-state index contributed by atoms with van der Waals surface area (Å²) in [4.78, 5) is -0.680. The molecule has 0 aliphatic carbocycles. The van der Waals surface area contributed by atoms with Gasteiger partial charge in [-0.05, 0) is 36.2 Å². The van der Waals surface area contributed by atoms with Crippen molar-refractivity contribution in [1.29, 1.82) is 0 Å². The van der Waals surface area contributed by atoms with E-state index >= 15 is 0 Å². The van der Waals surface area contributed by atoms with Crippen molar-refractivity contribution in [3.8, 4) is 0 Å². The third kappa shape index (κ3) is 3.41. The van der Waals surface area contributed by atoms with Crippen LogP contribution < -0.4 is 0 Å². The highest BCUT2D eigenvalue weighted by Gasteiger charge is 2.19. The van der Waals surface area contributed by atoms with E-state index < -0.39 is 28.1 Å². The summed E-state index contributed by atoms with van der Waals surface area (Å²) in [7, 11) is 0. The van der Waals surface area contributed by atoms with E-state index in [0.717, 1.165) is 24.3 Å². The average Bonchev–Trinajstić information content (AvgIpc) is 2.32. The van der Waals surface area contributed by atoms with E-state index in [0.29, 0.717) is 10.0 Å². The van der Waals surface area contributed by atoms with Gasteiger partial charge in [0.15, 0.2) is 11.6 Å². The Balaban J connectivity index is 2.28. The van der Waals surface area contributed by atoms with Crippen LogP contribution in [-0.4, -0.2) is 0 Å². The van der Waals surface area contributed by atoms with E-state index in [1.54, 1.807) is 0 Å². The van der Waals surface area contributed by atoms with Gasteiger partial charge in [-0.15, -0.1) is 0 Å². The summed E-state index contributed by atoms with van der Waals surface area (Å²) >= 11 is 6.17. The second kappa shape index (κ2) is 6.26. The van der Waals surface area contributed by atoms with Gasteiger partial charge in [-0.25, -0.2) is 17.6 Å². The van der Waals surface area contributed by atoms with Gasteiger partial charge in [-0.2, -0.15) is 0 Å². The molecule has 106 valence electrons. The number of alkyl halides is 1. The van der Waals surface area contributed by atoms with Gasteiger partial charge in [-0.1, -0.05) is 37.9 Å². The molecule has 2 aromatic carbocycles. The fraction of sp³-hybridized carbons (Fsp3) is 0.143. The van der Waals surface area contributed by atoms with Crippen molar-refractivity contribution in [2.24, 2.45) is 0 Å². The zero-order valence-electron chi connectivity index (χ0n) is 9.94. The first kappa shape index (κ1) is 15.5. The zero-order chi connectivity index (χ0) is 14.9. The van der Waals surface area contributed by atoms with Crippen LogP contribution in [0.3, 0.4) is 0 Å². The van der Waals surface area contributed by atoms with E-state index in [1.165, 1.54) is 6.07 Å². The van der Waals surface area contributed by atoms with Crippen molar-refractivity contribution in [3.05, 3.63) is 69.2 Å². The molecule has 0 saturated heterocycles. The Labute approximate surface area is 130 Å². The van der Waals surface area contributed by atoms with Gasteiger partial charge in [0.05, 0.1) is 0 Å². The van der Waals surface area contributed by atoms with Gasteiger partial charge in [0.2, 0.25) is 0 Å². The predicted octanol–water partition coefficient (Wildman–Crippen LogP) is 5.68. The molecule has 0 radical (unpaired) electrons. The van der Waals surface area contributed by atoms with E-state index in [2.05, 4.69) is 31.9 Å². The van der Waals surface area contributed by atoms with Crippen molar-refractivity contribution in [1.82, 2.24) is 0 Å². The Bertz CT molecular complexity index is 620. The number of hydrogen-bond donors (Lipinski definition) is 0. The predicted molar refractivity (Wildman–Crippen MR) is 75.8 cm³/mol. The van der Waals surface area contributed by atoms with Crippen molar-refractivity contribution < 1.29 is 17.6 Å². The first-order chi connectivity index (χ1) is 9.38. The summed E-state index contributed by atoms with van der Waals surface area (Å²) in [5.74, 6) is -3.36. The smallest absolute Gasteiger partial charge is 0.159 e. The van der Waals surface area contributed by atoms with Crippen LogP contribution in [0, 0.1) is 23.3 Å². The summed E-state index contributed by atoms with van der Waals surface area (Å²) in [5.41, 5.74) is 0.297. The lowest BCUT2D eigenvalue weighted by Crippen LogP contribution is -2.03. The van der Waals surface area contributed by atoms with Gasteiger partial charge < -0.3 is 0 Å². The van der Waals surface area contributed by atoms with Crippen molar-refractivity contribution in [2.75, 3.05) is 0 Å². The lowest BCUT2D eigenvalue weighted by atomic mass is 10.0. The topological polar surface area (TPSA) is 0 Å². The highest BCUT2D eigenvalue weighted by atomic mass is 79.9. The van der Waals surface area contributed by atoms with Gasteiger partial charge in [0, 0.05) is 14.9 Å². The van der Waals surface area contributed by atoms with Crippen LogP contribution in [0.1, 0.15) is 16.0 Å². The Hall–Kier alpha value is -0.880. The van der Waals surface area contributed by atoms with E-state index in [1.807, 2.05) is 0 Å². The third-order valence-corrected chi connectivity index (χ3v) is 4.00. The Morgan fingerprint density at radius 2 is 1.45 bits per heavy atom. The molecule has 2 aromatic rings. The molecule has 0 fully saturated rings. The molecule has 0 saturated carbocycles. The normalized spacial score (nSPS) is 12.5. The number of rotatable bonds is 3. The third-order valence-electron chi connectivity index (χ3n) is 2.76. The number of hydrogen-bond acceptors (Lipinski definition) is 0. The van der Waals surface area contributed by atoms with E-state index in [4.69, 9.17) is 0 Å². The maximum atomic E-state index is 13.8. The van der Waals surface area contributed by atoms with Gasteiger partial charge in [0.1, 0.15) is 11.6 Å². The summed E-state index contributed by atoms with van der Waals surface area (Å²) in [6.45, 7) is 0. The molecule has 0 aliphatic rings. The van der Waals surface area contributed by atoms with E-state index in [-0.39, 0.29) is 12.0 Å². The fourth-order valence-corrected chi connectivity index (χ4v) is 3.04. The lowest BCUT2D eigenvalue weighted by Gasteiger charge is -2.13. The molecule has 0 N–H and O–H groups in total. The highest BCUT2D eigenvalue weighted by molar-refractivity contribution is 9.10. The number of benzene rings is 2. The zero-order valence-corrected chi connectivity index (χ0v) is 13.1. The minimum Gasteiger partial charge on any atom is -0.207 e. The second-order valence-corrected chi connectivity index (χ2v) is 6.22. The molecular formula is C14H8Br2F4. The molecule has 0 bridgehead atoms. The fourth-order valence-electron chi connectivity index (χ4n) is 1.83. The average molecular weight is 412 g/mol. The monoisotopic (exact) mass is 410 g/mol. The lowest BCUT2D eigenvalue weighted by molar-refractivity contribution is 0.506. The molecule has 20 heavy (non-hydrogen) atoms. The molecule has 2 rings (SSSR count). The quantitative estimate of drug-likeness (QED) is 0.450. The Morgan fingerprint density at radius 1 is 0.850 bits per heavy atom. The molecule has 0 heterocycles. The Morgan fingerprint density at radius 3 is 2.00 bits per heavy atom. The van der Waals surface area contributed by atoms with Gasteiger partial charge in [0.25, 0.3) is 0 Å². The highest BCUT2D eigenvalue weighted by Crippen LogP contribution is 2.33. The van der Waals surface area contributed by atoms with Crippen molar-refractivity contribution in [3.63, 3.8) is 0 Å². The summed E-state index contributed by atoms with van der Waals surface area (Å²) < 4.78 is 53.8. The van der Waals surface area contributed by atoms with Crippen LogP contribution in [-0.2, 0) is 6.42 Å². The van der Waals surface area contributed by atoms with Crippen LogP contribution in [0.5, 0.6) is 0 Å². The van der Waals surface area contributed by atoms with Crippen LogP contribution in [0.25, 0.3) is 0 Å². The largest absolute Gasteiger partial charge is 0.207 e. The summed E-state index contributed by atoms with van der Waals surface area (Å²) in [6, 6.07) is 5.67. The molecule has 6 heteroatoms.